The Morgan fingerprint density at radius 3 is 2.32 bits per heavy atom. The molecule has 1 atom stereocenters. The van der Waals surface area contributed by atoms with E-state index in [0.717, 1.165) is 38.9 Å². The minimum absolute atomic E-state index is 0.110. The lowest BCUT2D eigenvalue weighted by atomic mass is 9.88. The van der Waals surface area contributed by atoms with Gasteiger partial charge in [0.2, 0.25) is 0 Å². The van der Waals surface area contributed by atoms with Crippen LogP contribution < -0.4 is 10.8 Å². The van der Waals surface area contributed by atoms with Crippen molar-refractivity contribution in [3.05, 3.63) is 0 Å². The van der Waals surface area contributed by atoms with Crippen LogP contribution in [0, 0.1) is 5.92 Å². The number of nitrogens with one attached hydrogen (secondary N) is 2. The summed E-state index contributed by atoms with van der Waals surface area (Å²) < 4.78 is 5.29. The molecule has 180 valence electrons. The largest absolute Gasteiger partial charge is 0.444 e. The zero-order chi connectivity index (χ0) is 22.9. The molecule has 0 radical (unpaired) electrons. The van der Waals surface area contributed by atoms with Gasteiger partial charge >= 0.3 is 12.1 Å². The number of hydrogen-bond donors (Lipinski definition) is 2. The van der Waals surface area contributed by atoms with Crippen LogP contribution in [-0.4, -0.2) is 72.9 Å². The Kier molecular flexibility index (Phi) is 10.4. The number of alkyl carbamates (subject to hydrolysis) is 1. The maximum absolute atomic E-state index is 12.7. The van der Waals surface area contributed by atoms with Gasteiger partial charge in [-0.3, -0.25) is 4.84 Å². The number of carbonyl (C=O) groups is 2. The number of piperidine rings is 1. The van der Waals surface area contributed by atoms with Crippen molar-refractivity contribution in [1.82, 2.24) is 20.6 Å². The molecule has 2 aliphatic rings. The summed E-state index contributed by atoms with van der Waals surface area (Å²) >= 11 is 0. The van der Waals surface area contributed by atoms with Gasteiger partial charge in [-0.25, -0.2) is 15.1 Å². The number of ether oxygens (including phenoxy) is 1. The first-order valence-electron chi connectivity index (χ1n) is 12.0. The van der Waals surface area contributed by atoms with Gasteiger partial charge in [-0.05, 0) is 65.7 Å². The number of nitrogens with zero attached hydrogens (tertiary/aromatic N) is 2. The molecule has 1 heterocycles. The highest BCUT2D eigenvalue weighted by Gasteiger charge is 2.31. The smallest absolute Gasteiger partial charge is 0.407 e. The van der Waals surface area contributed by atoms with Crippen LogP contribution in [0.1, 0.15) is 79.1 Å². The van der Waals surface area contributed by atoms with Crippen LogP contribution in [0.3, 0.4) is 0 Å². The summed E-state index contributed by atoms with van der Waals surface area (Å²) in [5, 5.41) is 2.85. The minimum Gasteiger partial charge on any atom is -0.444 e. The zero-order valence-electron chi connectivity index (χ0n) is 20.2. The van der Waals surface area contributed by atoms with E-state index in [1.54, 1.807) is 0 Å². The third-order valence-electron chi connectivity index (χ3n) is 6.42. The molecule has 0 aromatic rings. The standard InChI is InChI=1S/C23H44N4O4/c1-18(11-14-24-22(29)31-23(2,3)4)26-15-12-20(13-16-26)27(21(28)25-30-5)17-19-9-7-6-8-10-19/h18-20H,6-17H2,1-5H3,(H,24,29)(H,25,28). The number of rotatable bonds is 8. The Hall–Kier alpha value is -1.54. The van der Waals surface area contributed by atoms with Crippen molar-refractivity contribution >= 4 is 12.1 Å². The molecular formula is C23H44N4O4. The van der Waals surface area contributed by atoms with E-state index in [4.69, 9.17) is 9.57 Å². The van der Waals surface area contributed by atoms with E-state index in [1.807, 2.05) is 25.7 Å². The van der Waals surface area contributed by atoms with Gasteiger partial charge in [0.1, 0.15) is 5.60 Å². The third kappa shape index (κ3) is 9.23. The molecule has 1 aliphatic carbocycles. The number of urea groups is 1. The van der Waals surface area contributed by atoms with Crippen molar-refractivity contribution in [3.63, 3.8) is 0 Å². The molecule has 1 saturated heterocycles. The summed E-state index contributed by atoms with van der Waals surface area (Å²) in [4.78, 5) is 33.9. The lowest BCUT2D eigenvalue weighted by Gasteiger charge is -2.42. The van der Waals surface area contributed by atoms with Crippen LogP contribution in [0.4, 0.5) is 9.59 Å². The van der Waals surface area contributed by atoms with Gasteiger partial charge in [-0.15, -0.1) is 0 Å². The first-order chi connectivity index (χ1) is 14.7. The summed E-state index contributed by atoms with van der Waals surface area (Å²) in [7, 11) is 1.49. The van der Waals surface area contributed by atoms with E-state index in [2.05, 4.69) is 22.6 Å². The first kappa shape index (κ1) is 25.7. The Morgan fingerprint density at radius 1 is 1.10 bits per heavy atom. The highest BCUT2D eigenvalue weighted by Crippen LogP contribution is 2.27. The van der Waals surface area contributed by atoms with Gasteiger partial charge in [0, 0.05) is 38.3 Å². The number of hydrogen-bond acceptors (Lipinski definition) is 5. The van der Waals surface area contributed by atoms with E-state index >= 15 is 0 Å². The Labute approximate surface area is 188 Å². The second-order valence-corrected chi connectivity index (χ2v) is 10.1. The van der Waals surface area contributed by atoms with Gasteiger partial charge in [0.25, 0.3) is 0 Å². The molecule has 0 aromatic carbocycles. The summed E-state index contributed by atoms with van der Waals surface area (Å²) in [5.74, 6) is 0.604. The molecule has 2 fully saturated rings. The van der Waals surface area contributed by atoms with Crippen LogP contribution in [0.5, 0.6) is 0 Å². The Bertz CT molecular complexity index is 552. The highest BCUT2D eigenvalue weighted by molar-refractivity contribution is 5.73. The van der Waals surface area contributed by atoms with Crippen molar-refractivity contribution in [2.45, 2.75) is 96.7 Å². The Balaban J connectivity index is 1.78. The average Bonchev–Trinajstić information content (AvgIpc) is 2.71. The molecule has 1 unspecified atom stereocenters. The molecular weight excluding hydrogens is 396 g/mol. The molecule has 0 bridgehead atoms. The second-order valence-electron chi connectivity index (χ2n) is 10.1. The maximum Gasteiger partial charge on any atom is 0.407 e. The molecule has 0 aromatic heterocycles. The van der Waals surface area contributed by atoms with Crippen LogP contribution in [0.15, 0.2) is 0 Å². The summed E-state index contributed by atoms with van der Waals surface area (Å²) in [5.41, 5.74) is 2.07. The molecule has 0 spiro atoms. The van der Waals surface area contributed by atoms with Gasteiger partial charge in [-0.1, -0.05) is 19.3 Å². The third-order valence-corrected chi connectivity index (χ3v) is 6.42. The lowest BCUT2D eigenvalue weighted by Crippen LogP contribution is -2.53. The van der Waals surface area contributed by atoms with Crippen molar-refractivity contribution in [3.8, 4) is 0 Å². The number of amides is 3. The average molecular weight is 441 g/mol. The first-order valence-corrected chi connectivity index (χ1v) is 12.0. The Morgan fingerprint density at radius 2 is 1.74 bits per heavy atom. The molecule has 31 heavy (non-hydrogen) atoms. The molecule has 1 saturated carbocycles. The van der Waals surface area contributed by atoms with Crippen LogP contribution >= 0.6 is 0 Å². The van der Waals surface area contributed by atoms with Crippen molar-refractivity contribution in [2.75, 3.05) is 33.3 Å². The summed E-state index contributed by atoms with van der Waals surface area (Å²) in [6.07, 6.45) is 8.76. The molecule has 8 heteroatoms. The predicted octanol–water partition coefficient (Wildman–Crippen LogP) is 3.91. The fourth-order valence-corrected chi connectivity index (χ4v) is 4.71. The SMILES string of the molecule is CONC(=O)N(CC1CCCCC1)C1CCN(C(C)CCNC(=O)OC(C)(C)C)CC1. The second kappa shape index (κ2) is 12.5. The molecule has 1 aliphatic heterocycles. The van der Waals surface area contributed by atoms with Crippen molar-refractivity contribution in [1.29, 1.82) is 0 Å². The fraction of sp³-hybridized carbons (Fsp3) is 0.913. The fourth-order valence-electron chi connectivity index (χ4n) is 4.71. The summed E-state index contributed by atoms with van der Waals surface area (Å²) in [6, 6.07) is 0.511. The molecule has 2 N–H and O–H groups in total. The van der Waals surface area contributed by atoms with E-state index in [-0.39, 0.29) is 18.2 Å². The van der Waals surface area contributed by atoms with Gasteiger partial charge < -0.3 is 19.9 Å². The zero-order valence-corrected chi connectivity index (χ0v) is 20.2. The molecule has 2 rings (SSSR count). The van der Waals surface area contributed by atoms with Crippen molar-refractivity contribution < 1.29 is 19.2 Å². The van der Waals surface area contributed by atoms with E-state index in [1.165, 1.54) is 39.2 Å². The molecule has 3 amide bonds. The van der Waals surface area contributed by atoms with Gasteiger partial charge in [-0.2, -0.15) is 0 Å². The quantitative estimate of drug-likeness (QED) is 0.559. The predicted molar refractivity (Wildman–Crippen MR) is 122 cm³/mol. The lowest BCUT2D eigenvalue weighted by molar-refractivity contribution is 0.0488. The van der Waals surface area contributed by atoms with Crippen LogP contribution in [-0.2, 0) is 9.57 Å². The maximum atomic E-state index is 12.7. The molecule has 8 nitrogen and oxygen atoms in total. The van der Waals surface area contributed by atoms with Crippen LogP contribution in [0.2, 0.25) is 0 Å². The highest BCUT2D eigenvalue weighted by atomic mass is 16.6. The van der Waals surface area contributed by atoms with Crippen LogP contribution in [0.25, 0.3) is 0 Å². The van der Waals surface area contributed by atoms with E-state index in [9.17, 15) is 9.59 Å². The van der Waals surface area contributed by atoms with E-state index < -0.39 is 5.60 Å². The number of likely N-dealkylation sites (tertiary alicyclic amines) is 1. The normalized spacial score (nSPS) is 20.2. The summed E-state index contributed by atoms with van der Waals surface area (Å²) in [6.45, 7) is 11.1. The minimum atomic E-state index is -0.476. The monoisotopic (exact) mass is 440 g/mol. The van der Waals surface area contributed by atoms with Crippen molar-refractivity contribution in [2.24, 2.45) is 5.92 Å². The van der Waals surface area contributed by atoms with E-state index in [0.29, 0.717) is 18.5 Å². The number of carbonyl (C=O) groups excluding carboxylic acids is 2. The topological polar surface area (TPSA) is 83.1 Å². The van der Waals surface area contributed by atoms with Gasteiger partial charge in [0.05, 0.1) is 7.11 Å². The number of hydroxylamine groups is 1. The van der Waals surface area contributed by atoms with Gasteiger partial charge in [0.15, 0.2) is 0 Å².